The van der Waals surface area contributed by atoms with Crippen LogP contribution in [0.3, 0.4) is 0 Å². The van der Waals surface area contributed by atoms with Crippen molar-refractivity contribution >= 4 is 40.2 Å². The molecule has 0 saturated heterocycles. The van der Waals surface area contributed by atoms with Crippen LogP contribution in [-0.4, -0.2) is 52.7 Å². The Morgan fingerprint density at radius 2 is 0.765 bits per heavy atom. The molecular formula is C26H58O4S2Si2. The standard InChI is InChI=1S/C26H58O4S2Si2/c1-11-17-19-25(33(27-21(7)13-3)28-22(8)14-4)31-32-26(20-18-12-2)34(29-23(9)15-5)30-24(10)16-6/h21-26,33-34H,11-20H2,1-10H3. The van der Waals surface area contributed by atoms with Gasteiger partial charge in [-0.25, -0.2) is 0 Å². The maximum absolute atomic E-state index is 6.60. The van der Waals surface area contributed by atoms with Gasteiger partial charge in [0, 0.05) is 24.4 Å². The van der Waals surface area contributed by atoms with Crippen LogP contribution in [0.4, 0.5) is 0 Å². The molecule has 8 heteroatoms. The molecule has 0 aromatic carbocycles. The summed E-state index contributed by atoms with van der Waals surface area (Å²) in [5.74, 6) is 0. The SMILES string of the molecule is CCCCC(SSC(CCCC)[SiH](OC(C)CC)OC(C)CC)[SiH](OC(C)CC)OC(C)CC. The average Bonchev–Trinajstić information content (AvgIpc) is 2.84. The minimum atomic E-state index is -1.84. The summed E-state index contributed by atoms with van der Waals surface area (Å²) in [6.45, 7) is 22.2. The fourth-order valence-electron chi connectivity index (χ4n) is 3.13. The second-order valence-corrected chi connectivity index (χ2v) is 17.6. The summed E-state index contributed by atoms with van der Waals surface area (Å²) in [5.41, 5.74) is 0. The molecule has 0 heterocycles. The summed E-state index contributed by atoms with van der Waals surface area (Å²) >= 11 is 0. The summed E-state index contributed by atoms with van der Waals surface area (Å²) in [6, 6.07) is 0. The van der Waals surface area contributed by atoms with Crippen LogP contribution in [0, 0.1) is 0 Å². The third-order valence-corrected chi connectivity index (χ3v) is 17.4. The highest BCUT2D eigenvalue weighted by molar-refractivity contribution is 8.77. The van der Waals surface area contributed by atoms with Crippen molar-refractivity contribution in [3.8, 4) is 0 Å². The van der Waals surface area contributed by atoms with E-state index in [1.54, 1.807) is 0 Å². The summed E-state index contributed by atoms with van der Waals surface area (Å²) in [4.78, 5) is 0.887. The Hall–Kier alpha value is 0.974. The van der Waals surface area contributed by atoms with Crippen molar-refractivity contribution in [2.75, 3.05) is 0 Å². The van der Waals surface area contributed by atoms with E-state index in [1.807, 2.05) is 21.6 Å². The van der Waals surface area contributed by atoms with Crippen molar-refractivity contribution < 1.29 is 17.7 Å². The van der Waals surface area contributed by atoms with Crippen LogP contribution in [0.5, 0.6) is 0 Å². The maximum atomic E-state index is 6.60. The van der Waals surface area contributed by atoms with Gasteiger partial charge in [0.25, 0.3) is 0 Å². The molecule has 0 saturated carbocycles. The van der Waals surface area contributed by atoms with Crippen molar-refractivity contribution in [3.63, 3.8) is 0 Å². The van der Waals surface area contributed by atoms with E-state index in [4.69, 9.17) is 17.7 Å². The molecule has 206 valence electrons. The normalized spacial score (nSPS) is 19.2. The first-order valence-electron chi connectivity index (χ1n) is 14.2. The first-order valence-corrected chi connectivity index (χ1v) is 19.7. The van der Waals surface area contributed by atoms with E-state index in [1.165, 1.54) is 38.5 Å². The van der Waals surface area contributed by atoms with Gasteiger partial charge < -0.3 is 17.7 Å². The molecule has 6 atom stereocenters. The zero-order valence-electron chi connectivity index (χ0n) is 24.1. The molecule has 0 amide bonds. The molecule has 0 spiro atoms. The lowest BCUT2D eigenvalue weighted by molar-refractivity contribution is 0.108. The van der Waals surface area contributed by atoms with Crippen LogP contribution in [0.1, 0.15) is 133 Å². The third kappa shape index (κ3) is 15.9. The maximum Gasteiger partial charge on any atom is 0.336 e. The average molecular weight is 555 g/mol. The first kappa shape index (κ1) is 35.0. The number of rotatable bonds is 23. The van der Waals surface area contributed by atoms with Gasteiger partial charge in [0.2, 0.25) is 0 Å². The third-order valence-electron chi connectivity index (χ3n) is 6.36. The molecule has 0 aliphatic heterocycles. The molecule has 0 aliphatic rings. The van der Waals surface area contributed by atoms with Gasteiger partial charge in [-0.2, -0.15) is 0 Å². The minimum absolute atomic E-state index is 0.260. The van der Waals surface area contributed by atoms with Crippen LogP contribution < -0.4 is 0 Å². The first-order chi connectivity index (χ1) is 16.3. The van der Waals surface area contributed by atoms with Crippen molar-refractivity contribution in [2.24, 2.45) is 0 Å². The molecule has 0 aliphatic carbocycles. The Morgan fingerprint density at radius 3 is 0.971 bits per heavy atom. The molecule has 6 unspecified atom stereocenters. The van der Waals surface area contributed by atoms with Crippen molar-refractivity contribution in [1.82, 2.24) is 0 Å². The van der Waals surface area contributed by atoms with E-state index in [0.29, 0.717) is 9.75 Å². The van der Waals surface area contributed by atoms with Gasteiger partial charge in [-0.1, -0.05) is 88.8 Å². The second-order valence-electron chi connectivity index (χ2n) is 9.71. The largest absolute Gasteiger partial charge is 0.393 e. The summed E-state index contributed by atoms with van der Waals surface area (Å²) in [7, 11) is 0.383. The fourth-order valence-corrected chi connectivity index (χ4v) is 14.1. The minimum Gasteiger partial charge on any atom is -0.393 e. The molecule has 0 N–H and O–H groups in total. The lowest BCUT2D eigenvalue weighted by atomic mass is 10.3. The summed E-state index contributed by atoms with van der Waals surface area (Å²) in [5, 5.41) is 0. The topological polar surface area (TPSA) is 36.9 Å². The van der Waals surface area contributed by atoms with Crippen molar-refractivity contribution in [1.29, 1.82) is 0 Å². The second kappa shape index (κ2) is 22.0. The fraction of sp³-hybridized carbons (Fsp3) is 1.00. The molecular weight excluding hydrogens is 497 g/mol. The molecule has 0 aromatic rings. The van der Waals surface area contributed by atoms with Crippen LogP contribution in [-0.2, 0) is 17.7 Å². The van der Waals surface area contributed by atoms with Gasteiger partial charge in [0.15, 0.2) is 0 Å². The van der Waals surface area contributed by atoms with E-state index in [-0.39, 0.29) is 24.4 Å². The Bertz CT molecular complexity index is 401. The summed E-state index contributed by atoms with van der Waals surface area (Å²) in [6.07, 6.45) is 12.4. The van der Waals surface area contributed by atoms with Gasteiger partial charge in [-0.3, -0.25) is 0 Å². The Balaban J connectivity index is 5.66. The van der Waals surface area contributed by atoms with E-state index < -0.39 is 18.6 Å². The predicted molar refractivity (Wildman–Crippen MR) is 159 cm³/mol. The highest BCUT2D eigenvalue weighted by atomic mass is 33.1. The van der Waals surface area contributed by atoms with Crippen LogP contribution in [0.2, 0.25) is 0 Å². The number of hydrogen-bond acceptors (Lipinski definition) is 6. The Labute approximate surface area is 224 Å². The van der Waals surface area contributed by atoms with Crippen LogP contribution >= 0.6 is 21.6 Å². The van der Waals surface area contributed by atoms with E-state index in [0.717, 1.165) is 25.7 Å². The molecule has 0 rings (SSSR count). The number of unbranched alkanes of at least 4 members (excludes halogenated alkanes) is 2. The van der Waals surface area contributed by atoms with Gasteiger partial charge >= 0.3 is 18.6 Å². The molecule has 0 aromatic heterocycles. The molecule has 0 bridgehead atoms. The Morgan fingerprint density at radius 1 is 0.500 bits per heavy atom. The van der Waals surface area contributed by atoms with Gasteiger partial charge in [0.1, 0.15) is 0 Å². The zero-order valence-corrected chi connectivity index (χ0v) is 28.1. The predicted octanol–water partition coefficient (Wildman–Crippen LogP) is 8.27. The van der Waals surface area contributed by atoms with Gasteiger partial charge in [-0.05, 0) is 66.2 Å². The van der Waals surface area contributed by atoms with E-state index in [9.17, 15) is 0 Å². The number of hydrogen-bond donors (Lipinski definition) is 0. The molecule has 34 heavy (non-hydrogen) atoms. The van der Waals surface area contributed by atoms with Crippen molar-refractivity contribution in [3.05, 3.63) is 0 Å². The van der Waals surface area contributed by atoms with E-state index >= 15 is 0 Å². The van der Waals surface area contributed by atoms with Crippen molar-refractivity contribution in [2.45, 2.75) is 168 Å². The van der Waals surface area contributed by atoms with Gasteiger partial charge in [0.05, 0.1) is 9.75 Å². The lowest BCUT2D eigenvalue weighted by Crippen LogP contribution is -2.42. The van der Waals surface area contributed by atoms with Crippen LogP contribution in [0.15, 0.2) is 0 Å². The smallest absolute Gasteiger partial charge is 0.336 e. The monoisotopic (exact) mass is 554 g/mol. The van der Waals surface area contributed by atoms with Crippen LogP contribution in [0.25, 0.3) is 0 Å². The molecule has 0 radical (unpaired) electrons. The zero-order chi connectivity index (χ0) is 25.9. The highest BCUT2D eigenvalue weighted by Gasteiger charge is 2.35. The highest BCUT2D eigenvalue weighted by Crippen LogP contribution is 2.39. The van der Waals surface area contributed by atoms with Gasteiger partial charge in [-0.15, -0.1) is 0 Å². The van der Waals surface area contributed by atoms with E-state index in [2.05, 4.69) is 69.2 Å². The Kier molecular flexibility index (Phi) is 22.6. The quantitative estimate of drug-likeness (QED) is 0.0934. The molecule has 4 nitrogen and oxygen atoms in total. The lowest BCUT2D eigenvalue weighted by Gasteiger charge is -2.32. The summed E-state index contributed by atoms with van der Waals surface area (Å²) < 4.78 is 26.4. The molecule has 0 fully saturated rings.